The Morgan fingerprint density at radius 2 is 0.527 bits per heavy atom. The smallest absolute Gasteiger partial charge is 0.0158 e. The fourth-order valence-corrected chi connectivity index (χ4v) is 21.4. The summed E-state index contributed by atoms with van der Waals surface area (Å²) in [5.41, 5.74) is 2.07. The van der Waals surface area contributed by atoms with Crippen molar-refractivity contribution < 1.29 is 0 Å². The first-order valence-electron chi connectivity index (χ1n) is 52.4. The molecule has 0 bridgehead atoms. The van der Waals surface area contributed by atoms with E-state index in [1.165, 1.54) is 488 Å². The van der Waals surface area contributed by atoms with Crippen molar-refractivity contribution in [2.75, 3.05) is 0 Å². The van der Waals surface area contributed by atoms with E-state index in [2.05, 4.69) is 159 Å². The fraction of sp³-hybridized carbons (Fsp3) is 0.909. The van der Waals surface area contributed by atoms with Crippen molar-refractivity contribution in [3.05, 3.63) is 60.3 Å². The Kier molecular flexibility index (Phi) is 80.5. The lowest BCUT2D eigenvalue weighted by molar-refractivity contribution is -0.140. The molecule has 0 aromatic heterocycles. The topological polar surface area (TPSA) is 0 Å². The van der Waals surface area contributed by atoms with Gasteiger partial charge in [-0.25, -0.2) is 0 Å². The molecule has 0 aromatic carbocycles. The van der Waals surface area contributed by atoms with Gasteiger partial charge in [-0.1, -0.05) is 517 Å². The van der Waals surface area contributed by atoms with Crippen LogP contribution in [-0.4, -0.2) is 0 Å². The zero-order chi connectivity index (χ0) is 80.6. The Morgan fingerprint density at radius 1 is 0.227 bits per heavy atom. The molecule has 0 saturated carbocycles. The highest BCUT2D eigenvalue weighted by Crippen LogP contribution is 2.72. The predicted octanol–water partition coefficient (Wildman–Crippen LogP) is 40.7. The van der Waals surface area contributed by atoms with Crippen molar-refractivity contribution in [2.24, 2.45) is 51.8 Å². The normalized spacial score (nSPS) is 15.9. The van der Waals surface area contributed by atoms with Crippen molar-refractivity contribution in [1.82, 2.24) is 0 Å². The Bertz CT molecular complexity index is 1970. The molecule has 9 unspecified atom stereocenters. The first kappa shape index (κ1) is 109. The molecule has 0 saturated heterocycles. The lowest BCUT2D eigenvalue weighted by Gasteiger charge is -2.67. The minimum Gasteiger partial charge on any atom is -0.0885 e. The molecule has 0 N–H and O–H groups in total. The zero-order valence-electron chi connectivity index (χ0n) is 79.4. The maximum atomic E-state index is 3.35. The van der Waals surface area contributed by atoms with E-state index in [4.69, 9.17) is 0 Å². The van der Waals surface area contributed by atoms with E-state index in [0.29, 0.717) is 11.8 Å². The third-order valence-electron chi connectivity index (χ3n) is 27.6. The largest absolute Gasteiger partial charge is 0.0885 e. The molecule has 0 aliphatic rings. The van der Waals surface area contributed by atoms with E-state index in [9.17, 15) is 0 Å². The summed E-state index contributed by atoms with van der Waals surface area (Å²) in [6.07, 6.45) is 131. The molecule has 0 rings (SSSR count). The molecule has 0 fully saturated rings. The standard InChI is InChI=1S/C110H212/c1-16-31-41-46-50-54-58-62-67-77-92-107(97-102(82-27-12)87-72-37-22-7)109(99-104(84-29-14)89-74-39-24-9,94-79-69-64-60-56-52-48-43-33-18-3)110(100-105(85-30-15)90-75-40-25-10,95-80-70-65-61-57-53-49-44-34-19-4)108(98-103(83-28-13)88-73-38-23-8,93-78-68-63-59-55-51-47-42-32-17-2)106(91-76-66-45-35-20-5)96-101(81-26-11)86-71-36-21-6/h58,62,64,69-70,78,80,91,93,101-105,107H,16-57,59-61,63,65-68,71-77,79,81-90,92,94-100H2,1-15H3. The summed E-state index contributed by atoms with van der Waals surface area (Å²) in [7, 11) is 0. The molecule has 0 heterocycles. The van der Waals surface area contributed by atoms with E-state index in [1.807, 2.05) is 5.57 Å². The molecule has 652 valence electrons. The van der Waals surface area contributed by atoms with Crippen LogP contribution in [-0.2, 0) is 0 Å². The van der Waals surface area contributed by atoms with Crippen LogP contribution >= 0.6 is 0 Å². The van der Waals surface area contributed by atoms with Crippen LogP contribution in [0.1, 0.15) is 592 Å². The highest BCUT2D eigenvalue weighted by Gasteiger charge is 2.64. The van der Waals surface area contributed by atoms with Gasteiger partial charge in [0.25, 0.3) is 0 Å². The Labute approximate surface area is 699 Å². The lowest BCUT2D eigenvalue weighted by atomic mass is 9.37. The summed E-state index contributed by atoms with van der Waals surface area (Å²) >= 11 is 0. The SMILES string of the molecule is CCCCCCC=C(CC(CCC)CCCCC)C(C=CCCCCCCCCCC)(CC(CCC)CCCCC)C(CC=CCCCCCCCCC)(CC(CCC)CCCCC)C(CCC=CCCCCCCCC)(CC(CCC)CCCCC)C(CCCC=CCCCCCCC)CC(CCC)CCCCC. The van der Waals surface area contributed by atoms with E-state index < -0.39 is 0 Å². The van der Waals surface area contributed by atoms with Crippen LogP contribution in [0.15, 0.2) is 60.3 Å². The Hall–Kier alpha value is -1.30. The van der Waals surface area contributed by atoms with Crippen molar-refractivity contribution in [3.8, 4) is 0 Å². The van der Waals surface area contributed by atoms with E-state index in [1.54, 1.807) is 0 Å². The van der Waals surface area contributed by atoms with Gasteiger partial charge >= 0.3 is 0 Å². The van der Waals surface area contributed by atoms with Crippen molar-refractivity contribution >= 4 is 0 Å². The predicted molar refractivity (Wildman–Crippen MR) is 509 cm³/mol. The number of hydrogen-bond donors (Lipinski definition) is 0. The highest BCUT2D eigenvalue weighted by atomic mass is 14.7. The minimum absolute atomic E-state index is 0.00765. The third kappa shape index (κ3) is 53.2. The van der Waals surface area contributed by atoms with Gasteiger partial charge in [-0.05, 0) is 181 Å². The maximum Gasteiger partial charge on any atom is 0.0158 e. The Balaban J connectivity index is 11.6. The maximum absolute atomic E-state index is 3.35. The minimum atomic E-state index is -0.0815. The second kappa shape index (κ2) is 81.4. The second-order valence-electron chi connectivity index (χ2n) is 37.7. The second-order valence-corrected chi connectivity index (χ2v) is 37.7. The van der Waals surface area contributed by atoms with Crippen LogP contribution in [0.3, 0.4) is 0 Å². The van der Waals surface area contributed by atoms with Crippen LogP contribution in [0.5, 0.6) is 0 Å². The van der Waals surface area contributed by atoms with Gasteiger partial charge < -0.3 is 0 Å². The number of hydrogen-bond acceptors (Lipinski definition) is 0. The number of rotatable bonds is 89. The monoisotopic (exact) mass is 1530 g/mol. The summed E-state index contributed by atoms with van der Waals surface area (Å²) in [5, 5.41) is 0. The first-order chi connectivity index (χ1) is 54.1. The fourth-order valence-electron chi connectivity index (χ4n) is 21.4. The van der Waals surface area contributed by atoms with Crippen LogP contribution in [0.25, 0.3) is 0 Å². The van der Waals surface area contributed by atoms with Gasteiger partial charge in [0, 0.05) is 5.41 Å². The number of unbranched alkanes of at least 4 members (excludes halogenated alkanes) is 41. The molecule has 110 heavy (non-hydrogen) atoms. The average molecular weight is 1530 g/mol. The molecular formula is C110H212. The van der Waals surface area contributed by atoms with Crippen LogP contribution < -0.4 is 0 Å². The van der Waals surface area contributed by atoms with Crippen molar-refractivity contribution in [2.45, 2.75) is 592 Å². The summed E-state index contributed by atoms with van der Waals surface area (Å²) in [5.74, 6) is 4.38. The molecule has 0 amide bonds. The van der Waals surface area contributed by atoms with Crippen LogP contribution in [0, 0.1) is 51.8 Å². The molecule has 0 aliphatic heterocycles. The molecule has 0 aliphatic carbocycles. The van der Waals surface area contributed by atoms with Gasteiger partial charge in [-0.3, -0.25) is 0 Å². The zero-order valence-corrected chi connectivity index (χ0v) is 79.4. The van der Waals surface area contributed by atoms with E-state index >= 15 is 0 Å². The van der Waals surface area contributed by atoms with Gasteiger partial charge in [0.1, 0.15) is 0 Å². The summed E-state index contributed by atoms with van der Waals surface area (Å²) in [6, 6.07) is 0. The number of allylic oxidation sites excluding steroid dienone is 10. The lowest BCUT2D eigenvalue weighted by Crippen LogP contribution is -2.59. The van der Waals surface area contributed by atoms with Crippen LogP contribution in [0.2, 0.25) is 0 Å². The van der Waals surface area contributed by atoms with Gasteiger partial charge in [-0.2, -0.15) is 0 Å². The average Bonchev–Trinajstić information content (AvgIpc) is 0.697. The summed E-state index contributed by atoms with van der Waals surface area (Å²) < 4.78 is 0. The molecule has 0 spiro atoms. The molecule has 0 nitrogen and oxygen atoms in total. The van der Waals surface area contributed by atoms with Crippen LogP contribution in [0.4, 0.5) is 0 Å². The van der Waals surface area contributed by atoms with Gasteiger partial charge in [-0.15, -0.1) is 0 Å². The molecule has 0 heteroatoms. The highest BCUT2D eigenvalue weighted by molar-refractivity contribution is 5.33. The molecule has 0 aromatic rings. The third-order valence-corrected chi connectivity index (χ3v) is 27.6. The summed E-state index contributed by atoms with van der Waals surface area (Å²) in [6.45, 7) is 37.7. The van der Waals surface area contributed by atoms with Gasteiger partial charge in [0.2, 0.25) is 0 Å². The molecular weight excluding hydrogens is 1320 g/mol. The first-order valence-corrected chi connectivity index (χ1v) is 52.4. The molecule has 0 radical (unpaired) electrons. The van der Waals surface area contributed by atoms with Gasteiger partial charge in [0.05, 0.1) is 0 Å². The summed E-state index contributed by atoms with van der Waals surface area (Å²) in [4.78, 5) is 0. The van der Waals surface area contributed by atoms with Crippen molar-refractivity contribution in [1.29, 1.82) is 0 Å². The molecule has 9 atom stereocenters. The van der Waals surface area contributed by atoms with Gasteiger partial charge in [0.15, 0.2) is 0 Å². The quantitative estimate of drug-likeness (QED) is 0.0421. The Morgan fingerprint density at radius 3 is 0.945 bits per heavy atom. The van der Waals surface area contributed by atoms with E-state index in [-0.39, 0.29) is 16.2 Å². The van der Waals surface area contributed by atoms with Crippen molar-refractivity contribution in [3.63, 3.8) is 0 Å². The van der Waals surface area contributed by atoms with E-state index in [0.717, 1.165) is 23.7 Å².